The number of ether oxygens (including phenoxy) is 1. The summed E-state index contributed by atoms with van der Waals surface area (Å²) in [5, 5.41) is 9.57. The molecule has 1 atom stereocenters. The van der Waals surface area contributed by atoms with Crippen LogP contribution in [0.3, 0.4) is 0 Å². The fourth-order valence-electron chi connectivity index (χ4n) is 1.56. The molecule has 0 fully saturated rings. The van der Waals surface area contributed by atoms with Crippen LogP contribution in [0, 0.1) is 0 Å². The summed E-state index contributed by atoms with van der Waals surface area (Å²) in [6, 6.07) is 14.9. The summed E-state index contributed by atoms with van der Waals surface area (Å²) in [6.07, 6.45) is -0.620. The Labute approximate surface area is 114 Å². The van der Waals surface area contributed by atoms with Gasteiger partial charge in [0.2, 0.25) is 0 Å². The van der Waals surface area contributed by atoms with E-state index in [1.165, 1.54) is 0 Å². The van der Waals surface area contributed by atoms with E-state index in [2.05, 4.69) is 15.9 Å². The molecule has 0 aliphatic carbocycles. The molecule has 4 heteroatoms. The summed E-state index contributed by atoms with van der Waals surface area (Å²) in [5.41, 5.74) is 6.19. The predicted octanol–water partition coefficient (Wildman–Crippen LogP) is 3.23. The van der Waals surface area contributed by atoms with Crippen molar-refractivity contribution in [3.63, 3.8) is 0 Å². The van der Waals surface area contributed by atoms with Gasteiger partial charge in [0.15, 0.2) is 0 Å². The average molecular weight is 308 g/mol. The monoisotopic (exact) mass is 307 g/mol. The first-order valence-electron chi connectivity index (χ1n) is 5.60. The van der Waals surface area contributed by atoms with Gasteiger partial charge in [0.1, 0.15) is 11.5 Å². The molecule has 0 aliphatic heterocycles. The van der Waals surface area contributed by atoms with E-state index in [-0.39, 0.29) is 6.54 Å². The summed E-state index contributed by atoms with van der Waals surface area (Å²) in [6.45, 7) is 0.214. The Morgan fingerprint density at radius 3 is 2.44 bits per heavy atom. The lowest BCUT2D eigenvalue weighted by atomic mass is 10.1. The van der Waals surface area contributed by atoms with Crippen LogP contribution in [0.4, 0.5) is 0 Å². The highest BCUT2D eigenvalue weighted by molar-refractivity contribution is 9.10. The van der Waals surface area contributed by atoms with Gasteiger partial charge in [-0.1, -0.05) is 34.1 Å². The predicted molar refractivity (Wildman–Crippen MR) is 74.7 cm³/mol. The zero-order valence-corrected chi connectivity index (χ0v) is 11.3. The van der Waals surface area contributed by atoms with Crippen molar-refractivity contribution in [3.05, 3.63) is 58.6 Å². The van der Waals surface area contributed by atoms with Crippen molar-refractivity contribution in [2.75, 3.05) is 6.54 Å². The zero-order valence-electron chi connectivity index (χ0n) is 9.71. The van der Waals surface area contributed by atoms with Crippen LogP contribution in [0.5, 0.6) is 11.5 Å². The number of hydrogen-bond donors (Lipinski definition) is 2. The summed E-state index contributed by atoms with van der Waals surface area (Å²) in [5.74, 6) is 1.48. The zero-order chi connectivity index (χ0) is 13.0. The minimum absolute atomic E-state index is 0.214. The van der Waals surface area contributed by atoms with Crippen LogP contribution >= 0.6 is 15.9 Å². The third kappa shape index (κ3) is 3.32. The number of aliphatic hydroxyl groups excluding tert-OH is 1. The van der Waals surface area contributed by atoms with Crippen LogP contribution in [0.15, 0.2) is 53.0 Å². The van der Waals surface area contributed by atoms with Crippen LogP contribution in [0.1, 0.15) is 11.7 Å². The Balaban J connectivity index is 2.11. The second-order valence-corrected chi connectivity index (χ2v) is 4.80. The van der Waals surface area contributed by atoms with Crippen molar-refractivity contribution < 1.29 is 9.84 Å². The van der Waals surface area contributed by atoms with E-state index in [9.17, 15) is 5.11 Å². The molecule has 2 aromatic rings. The highest BCUT2D eigenvalue weighted by Crippen LogP contribution is 2.25. The first-order chi connectivity index (χ1) is 8.69. The molecule has 94 valence electrons. The SMILES string of the molecule is NCC(O)c1ccc(Oc2cccc(Br)c2)cc1. The molecule has 0 aliphatic rings. The molecule has 0 heterocycles. The Morgan fingerprint density at radius 1 is 1.11 bits per heavy atom. The minimum atomic E-state index is -0.620. The molecule has 0 bridgehead atoms. The van der Waals surface area contributed by atoms with Crippen LogP contribution in [-0.4, -0.2) is 11.7 Å². The summed E-state index contributed by atoms with van der Waals surface area (Å²) in [7, 11) is 0. The number of halogens is 1. The summed E-state index contributed by atoms with van der Waals surface area (Å²) < 4.78 is 6.65. The summed E-state index contributed by atoms with van der Waals surface area (Å²) in [4.78, 5) is 0. The molecular weight excluding hydrogens is 294 g/mol. The fourth-order valence-corrected chi connectivity index (χ4v) is 1.94. The third-order valence-corrected chi connectivity index (χ3v) is 3.01. The standard InChI is InChI=1S/C14H14BrNO2/c15-11-2-1-3-13(8-11)18-12-6-4-10(5-7-12)14(17)9-16/h1-8,14,17H,9,16H2. The van der Waals surface area contributed by atoms with Gasteiger partial charge in [-0.25, -0.2) is 0 Å². The Hall–Kier alpha value is -1.36. The van der Waals surface area contributed by atoms with Crippen molar-refractivity contribution in [3.8, 4) is 11.5 Å². The topological polar surface area (TPSA) is 55.5 Å². The van der Waals surface area contributed by atoms with E-state index in [1.54, 1.807) is 0 Å². The number of hydrogen-bond acceptors (Lipinski definition) is 3. The van der Waals surface area contributed by atoms with Crippen molar-refractivity contribution in [1.82, 2.24) is 0 Å². The van der Waals surface area contributed by atoms with Crippen LogP contribution < -0.4 is 10.5 Å². The Kier molecular flexibility index (Phi) is 4.36. The van der Waals surface area contributed by atoms with Crippen LogP contribution in [-0.2, 0) is 0 Å². The summed E-state index contributed by atoms with van der Waals surface area (Å²) >= 11 is 3.39. The van der Waals surface area contributed by atoms with Crippen LogP contribution in [0.25, 0.3) is 0 Å². The van der Waals surface area contributed by atoms with Gasteiger partial charge in [0, 0.05) is 11.0 Å². The van der Waals surface area contributed by atoms with Gasteiger partial charge in [0.05, 0.1) is 6.10 Å². The first-order valence-corrected chi connectivity index (χ1v) is 6.40. The van der Waals surface area contributed by atoms with Gasteiger partial charge in [-0.15, -0.1) is 0 Å². The highest BCUT2D eigenvalue weighted by atomic mass is 79.9. The largest absolute Gasteiger partial charge is 0.457 e. The van der Waals surface area contributed by atoms with Gasteiger partial charge >= 0.3 is 0 Å². The molecule has 0 aromatic heterocycles. The minimum Gasteiger partial charge on any atom is -0.457 e. The maximum atomic E-state index is 9.57. The molecule has 2 aromatic carbocycles. The van der Waals surface area contributed by atoms with Gasteiger partial charge in [-0.2, -0.15) is 0 Å². The number of nitrogens with two attached hydrogens (primary N) is 1. The van der Waals surface area contributed by atoms with Crippen molar-refractivity contribution in [1.29, 1.82) is 0 Å². The fraction of sp³-hybridized carbons (Fsp3) is 0.143. The molecule has 3 nitrogen and oxygen atoms in total. The van der Waals surface area contributed by atoms with E-state index in [0.717, 1.165) is 21.5 Å². The molecule has 1 unspecified atom stereocenters. The van der Waals surface area contributed by atoms with Gasteiger partial charge < -0.3 is 15.6 Å². The molecule has 0 saturated carbocycles. The van der Waals surface area contributed by atoms with E-state index < -0.39 is 6.10 Å². The van der Waals surface area contributed by atoms with Crippen LogP contribution in [0.2, 0.25) is 0 Å². The highest BCUT2D eigenvalue weighted by Gasteiger charge is 2.05. The Bertz CT molecular complexity index is 513. The normalized spacial score (nSPS) is 12.2. The molecule has 0 amide bonds. The smallest absolute Gasteiger partial charge is 0.128 e. The van der Waals surface area contributed by atoms with Crippen molar-refractivity contribution in [2.24, 2.45) is 5.73 Å². The Morgan fingerprint density at radius 2 is 1.83 bits per heavy atom. The molecular formula is C14H14BrNO2. The van der Waals surface area contributed by atoms with E-state index >= 15 is 0 Å². The molecule has 2 rings (SSSR count). The quantitative estimate of drug-likeness (QED) is 0.912. The molecule has 18 heavy (non-hydrogen) atoms. The number of aliphatic hydroxyl groups is 1. The molecule has 0 saturated heterocycles. The maximum absolute atomic E-state index is 9.57. The molecule has 3 N–H and O–H groups in total. The first kappa shape index (κ1) is 13.1. The maximum Gasteiger partial charge on any atom is 0.128 e. The molecule has 0 spiro atoms. The van der Waals surface area contributed by atoms with E-state index in [0.29, 0.717) is 0 Å². The van der Waals surface area contributed by atoms with Gasteiger partial charge in [-0.3, -0.25) is 0 Å². The third-order valence-electron chi connectivity index (χ3n) is 2.52. The lowest BCUT2D eigenvalue weighted by Gasteiger charge is -2.10. The van der Waals surface area contributed by atoms with E-state index in [1.807, 2.05) is 48.5 Å². The molecule has 0 radical (unpaired) electrons. The van der Waals surface area contributed by atoms with Gasteiger partial charge in [0.25, 0.3) is 0 Å². The second-order valence-electron chi connectivity index (χ2n) is 3.88. The number of benzene rings is 2. The van der Waals surface area contributed by atoms with Gasteiger partial charge in [-0.05, 0) is 35.9 Å². The van der Waals surface area contributed by atoms with E-state index in [4.69, 9.17) is 10.5 Å². The lowest BCUT2D eigenvalue weighted by molar-refractivity contribution is 0.186. The van der Waals surface area contributed by atoms with Crippen molar-refractivity contribution in [2.45, 2.75) is 6.10 Å². The average Bonchev–Trinajstić information content (AvgIpc) is 2.39. The number of rotatable bonds is 4. The lowest BCUT2D eigenvalue weighted by Crippen LogP contribution is -2.11. The second kappa shape index (κ2) is 6.00. The van der Waals surface area contributed by atoms with Crippen molar-refractivity contribution >= 4 is 15.9 Å².